The second-order valence-corrected chi connectivity index (χ2v) is 7.30. The first kappa shape index (κ1) is 18.3. The Morgan fingerprint density at radius 1 is 1.08 bits per heavy atom. The average Bonchev–Trinajstić information content (AvgIpc) is 2.64. The molecule has 1 aromatic carbocycles. The molecular formula is C15H11Cl2N5O3S. The van der Waals surface area contributed by atoms with Crippen LogP contribution in [-0.4, -0.2) is 35.5 Å². The van der Waals surface area contributed by atoms with E-state index >= 15 is 0 Å². The van der Waals surface area contributed by atoms with Crippen LogP contribution in [0.25, 0.3) is 11.4 Å². The second kappa shape index (κ2) is 7.40. The fraction of sp³-hybridized carbons (Fsp3) is 0.0667. The first-order chi connectivity index (χ1) is 12.4. The number of aromatic nitrogens is 4. The number of halogens is 2. The van der Waals surface area contributed by atoms with Crippen LogP contribution in [-0.2, 0) is 10.0 Å². The van der Waals surface area contributed by atoms with Crippen molar-refractivity contribution >= 4 is 39.0 Å². The zero-order valence-electron chi connectivity index (χ0n) is 13.2. The van der Waals surface area contributed by atoms with Gasteiger partial charge < -0.3 is 4.74 Å². The smallest absolute Gasteiger partial charge is 0.264 e. The number of nitrogens with zero attached hydrogens (tertiary/aromatic N) is 4. The van der Waals surface area contributed by atoms with E-state index < -0.39 is 10.0 Å². The van der Waals surface area contributed by atoms with Crippen LogP contribution in [0.15, 0.2) is 47.9 Å². The highest BCUT2D eigenvalue weighted by Crippen LogP contribution is 2.31. The van der Waals surface area contributed by atoms with Gasteiger partial charge in [-0.15, -0.1) is 0 Å². The molecule has 26 heavy (non-hydrogen) atoms. The van der Waals surface area contributed by atoms with E-state index in [9.17, 15) is 8.42 Å². The zero-order chi connectivity index (χ0) is 18.7. The molecule has 3 rings (SSSR count). The minimum atomic E-state index is -4.05. The summed E-state index contributed by atoms with van der Waals surface area (Å²) >= 11 is 11.9. The van der Waals surface area contributed by atoms with Crippen molar-refractivity contribution in [3.8, 4) is 17.3 Å². The largest absolute Gasteiger partial charge is 0.478 e. The molecule has 0 aliphatic heterocycles. The van der Waals surface area contributed by atoms with E-state index in [-0.39, 0.29) is 26.6 Å². The normalized spacial score (nSPS) is 11.2. The summed E-state index contributed by atoms with van der Waals surface area (Å²) < 4.78 is 32.6. The maximum Gasteiger partial charge on any atom is 0.264 e. The molecular weight excluding hydrogens is 401 g/mol. The molecule has 0 atom stereocenters. The van der Waals surface area contributed by atoms with Gasteiger partial charge in [-0.2, -0.15) is 0 Å². The predicted octanol–water partition coefficient (Wildman–Crippen LogP) is 3.05. The van der Waals surface area contributed by atoms with Gasteiger partial charge in [0.2, 0.25) is 5.82 Å². The highest BCUT2D eigenvalue weighted by molar-refractivity contribution is 7.92. The summed E-state index contributed by atoms with van der Waals surface area (Å²) in [4.78, 5) is 16.1. The molecule has 0 radical (unpaired) electrons. The lowest BCUT2D eigenvalue weighted by Crippen LogP contribution is -2.16. The minimum absolute atomic E-state index is 0.0325. The fourth-order valence-electron chi connectivity index (χ4n) is 2.01. The number of benzene rings is 1. The number of rotatable bonds is 5. The van der Waals surface area contributed by atoms with Gasteiger partial charge in [0, 0.05) is 12.4 Å². The summed E-state index contributed by atoms with van der Waals surface area (Å²) in [5, 5.41) is 0.0235. The van der Waals surface area contributed by atoms with Gasteiger partial charge in [0.15, 0.2) is 0 Å². The van der Waals surface area contributed by atoms with Crippen LogP contribution < -0.4 is 9.46 Å². The third-order valence-corrected chi connectivity index (χ3v) is 5.51. The lowest BCUT2D eigenvalue weighted by molar-refractivity contribution is 0.399. The van der Waals surface area contributed by atoms with Gasteiger partial charge in [-0.25, -0.2) is 18.4 Å². The van der Waals surface area contributed by atoms with Gasteiger partial charge in [0.05, 0.1) is 29.5 Å². The maximum absolute atomic E-state index is 12.6. The molecule has 0 spiro atoms. The SMILES string of the molecule is COc1nc(-c2cnccn2)cnc1NS(=O)(=O)c1cccc(Cl)c1Cl. The van der Waals surface area contributed by atoms with Crippen molar-refractivity contribution in [2.45, 2.75) is 4.90 Å². The summed E-state index contributed by atoms with van der Waals surface area (Å²) in [6, 6.07) is 4.28. The Labute approximate surface area is 159 Å². The molecule has 1 N–H and O–H groups in total. The Morgan fingerprint density at radius 3 is 2.58 bits per heavy atom. The van der Waals surface area contributed by atoms with Crippen LogP contribution in [0.4, 0.5) is 5.82 Å². The van der Waals surface area contributed by atoms with Crippen molar-refractivity contribution in [2.24, 2.45) is 0 Å². The van der Waals surface area contributed by atoms with Crippen molar-refractivity contribution in [2.75, 3.05) is 11.8 Å². The molecule has 0 aliphatic carbocycles. The number of methoxy groups -OCH3 is 1. The van der Waals surface area contributed by atoms with Gasteiger partial charge in [0.1, 0.15) is 16.3 Å². The van der Waals surface area contributed by atoms with E-state index in [1.165, 1.54) is 50.1 Å². The van der Waals surface area contributed by atoms with Crippen molar-refractivity contribution in [3.63, 3.8) is 0 Å². The number of anilines is 1. The number of nitrogens with one attached hydrogen (secondary N) is 1. The van der Waals surface area contributed by atoms with Crippen molar-refractivity contribution in [1.82, 2.24) is 19.9 Å². The molecule has 0 saturated carbocycles. The van der Waals surface area contributed by atoms with E-state index in [2.05, 4.69) is 24.7 Å². The molecule has 0 unspecified atom stereocenters. The Morgan fingerprint density at radius 2 is 1.88 bits per heavy atom. The Balaban J connectivity index is 1.98. The van der Waals surface area contributed by atoms with E-state index in [1.54, 1.807) is 0 Å². The van der Waals surface area contributed by atoms with E-state index in [0.29, 0.717) is 11.4 Å². The molecule has 8 nitrogen and oxygen atoms in total. The van der Waals surface area contributed by atoms with Crippen LogP contribution in [0.1, 0.15) is 0 Å². The van der Waals surface area contributed by atoms with Gasteiger partial charge >= 0.3 is 0 Å². The second-order valence-electron chi connectivity index (χ2n) is 4.86. The summed E-state index contributed by atoms with van der Waals surface area (Å²) in [5.74, 6) is -0.133. The molecule has 0 fully saturated rings. The first-order valence-corrected chi connectivity index (χ1v) is 9.30. The third kappa shape index (κ3) is 3.69. The zero-order valence-corrected chi connectivity index (χ0v) is 15.5. The molecule has 134 valence electrons. The van der Waals surface area contributed by atoms with Crippen LogP contribution in [0.2, 0.25) is 10.0 Å². The highest BCUT2D eigenvalue weighted by Gasteiger charge is 2.23. The molecule has 11 heteroatoms. The van der Waals surface area contributed by atoms with Gasteiger partial charge in [-0.05, 0) is 12.1 Å². The predicted molar refractivity (Wildman–Crippen MR) is 96.9 cm³/mol. The molecule has 0 amide bonds. The molecule has 0 saturated heterocycles. The molecule has 0 aliphatic rings. The van der Waals surface area contributed by atoms with Crippen LogP contribution in [0.3, 0.4) is 0 Å². The highest BCUT2D eigenvalue weighted by atomic mass is 35.5. The molecule has 0 bridgehead atoms. The standard InChI is InChI=1S/C15H11Cl2N5O3S/c1-25-15-14(20-8-11(21-15)10-7-18-5-6-19-10)22-26(23,24)12-4-2-3-9(16)13(12)17/h2-8H,1H3,(H,20,22). The monoisotopic (exact) mass is 411 g/mol. The Bertz CT molecular complexity index is 1050. The lowest BCUT2D eigenvalue weighted by Gasteiger charge is -2.12. The van der Waals surface area contributed by atoms with Crippen molar-refractivity contribution in [1.29, 1.82) is 0 Å². The average molecular weight is 412 g/mol. The van der Waals surface area contributed by atoms with Crippen LogP contribution >= 0.6 is 23.2 Å². The number of hydrogen-bond donors (Lipinski definition) is 1. The third-order valence-electron chi connectivity index (χ3n) is 3.20. The Kier molecular flexibility index (Phi) is 5.21. The summed E-state index contributed by atoms with van der Waals surface area (Å²) in [6.07, 6.45) is 5.87. The van der Waals surface area contributed by atoms with E-state index in [4.69, 9.17) is 27.9 Å². The molecule has 3 aromatic rings. The molecule has 2 heterocycles. The van der Waals surface area contributed by atoms with Crippen molar-refractivity contribution in [3.05, 3.63) is 53.0 Å². The topological polar surface area (TPSA) is 107 Å². The minimum Gasteiger partial charge on any atom is -0.478 e. The number of sulfonamides is 1. The maximum atomic E-state index is 12.6. The number of hydrogen-bond acceptors (Lipinski definition) is 7. The van der Waals surface area contributed by atoms with E-state index in [0.717, 1.165) is 0 Å². The summed E-state index contributed by atoms with van der Waals surface area (Å²) in [6.45, 7) is 0. The quantitative estimate of drug-likeness (QED) is 0.686. The van der Waals surface area contributed by atoms with Crippen LogP contribution in [0, 0.1) is 0 Å². The molecule has 2 aromatic heterocycles. The summed E-state index contributed by atoms with van der Waals surface area (Å²) in [7, 11) is -2.71. The Hall–Kier alpha value is -2.49. The van der Waals surface area contributed by atoms with Gasteiger partial charge in [-0.1, -0.05) is 29.3 Å². The number of ether oxygens (including phenoxy) is 1. The van der Waals surface area contributed by atoms with E-state index in [1.807, 2.05) is 0 Å². The van der Waals surface area contributed by atoms with Gasteiger partial charge in [-0.3, -0.25) is 14.7 Å². The lowest BCUT2D eigenvalue weighted by atomic mass is 10.3. The van der Waals surface area contributed by atoms with Crippen molar-refractivity contribution < 1.29 is 13.2 Å². The fourth-order valence-corrected chi connectivity index (χ4v) is 3.78. The van der Waals surface area contributed by atoms with Gasteiger partial charge in [0.25, 0.3) is 15.9 Å². The van der Waals surface area contributed by atoms with Crippen LogP contribution in [0.5, 0.6) is 5.88 Å². The first-order valence-electron chi connectivity index (χ1n) is 7.06. The summed E-state index contributed by atoms with van der Waals surface area (Å²) in [5.41, 5.74) is 0.837.